The summed E-state index contributed by atoms with van der Waals surface area (Å²) in [7, 11) is 2.04. The van der Waals surface area contributed by atoms with Crippen molar-refractivity contribution in [2.24, 2.45) is 4.99 Å². The largest absolute Gasteiger partial charge is 0.361 e. The van der Waals surface area contributed by atoms with Crippen molar-refractivity contribution in [1.29, 1.82) is 0 Å². The van der Waals surface area contributed by atoms with Crippen LogP contribution in [0.4, 0.5) is 11.5 Å². The smallest absolute Gasteiger partial charge is 0.143 e. The number of hydrogen-bond acceptors (Lipinski definition) is 4. The molecule has 2 heterocycles. The van der Waals surface area contributed by atoms with Crippen molar-refractivity contribution in [2.45, 2.75) is 34.1 Å². The van der Waals surface area contributed by atoms with Crippen LogP contribution in [0.1, 0.15) is 44.4 Å². The molecule has 1 aliphatic heterocycles. The third-order valence-corrected chi connectivity index (χ3v) is 4.58. The molecule has 0 atom stereocenters. The van der Waals surface area contributed by atoms with Crippen LogP contribution < -0.4 is 4.90 Å². The van der Waals surface area contributed by atoms with Crippen molar-refractivity contribution in [3.05, 3.63) is 84.9 Å². The van der Waals surface area contributed by atoms with Gasteiger partial charge < -0.3 is 9.80 Å². The van der Waals surface area contributed by atoms with Gasteiger partial charge in [-0.25, -0.2) is 9.98 Å². The Kier molecular flexibility index (Phi) is 7.96. The Morgan fingerprint density at radius 3 is 2.55 bits per heavy atom. The fourth-order valence-corrected chi connectivity index (χ4v) is 3.30. The van der Waals surface area contributed by atoms with Crippen molar-refractivity contribution >= 4 is 22.8 Å². The highest BCUT2D eigenvalue weighted by molar-refractivity contribution is 6.13. The maximum absolute atomic E-state index is 4.96. The van der Waals surface area contributed by atoms with Gasteiger partial charge in [-0.05, 0) is 48.8 Å². The van der Waals surface area contributed by atoms with Crippen LogP contribution in [0.2, 0.25) is 0 Å². The number of aliphatic imine (C=N–C) groups is 1. The summed E-state index contributed by atoms with van der Waals surface area (Å²) in [4.78, 5) is 13.8. The summed E-state index contributed by atoms with van der Waals surface area (Å²) < 4.78 is 0. The zero-order chi connectivity index (χ0) is 21.4. The summed E-state index contributed by atoms with van der Waals surface area (Å²) in [5.41, 5.74) is 6.07. The second kappa shape index (κ2) is 10.4. The number of allylic oxidation sites excluding steroid dienone is 2. The molecule has 0 unspecified atom stereocenters. The molecule has 0 radical (unpaired) electrons. The summed E-state index contributed by atoms with van der Waals surface area (Å²) in [6, 6.07) is 10.2. The molecule has 4 nitrogen and oxygen atoms in total. The van der Waals surface area contributed by atoms with Crippen LogP contribution >= 0.6 is 0 Å². The number of rotatable bonds is 6. The second-order valence-corrected chi connectivity index (χ2v) is 6.69. The maximum atomic E-state index is 4.96. The lowest BCUT2D eigenvalue weighted by atomic mass is 9.98. The first kappa shape index (κ1) is 22.2. The van der Waals surface area contributed by atoms with Crippen molar-refractivity contribution in [2.75, 3.05) is 18.6 Å². The monoisotopic (exact) mass is 388 g/mol. The topological polar surface area (TPSA) is 31.7 Å². The molecule has 152 valence electrons. The van der Waals surface area contributed by atoms with Gasteiger partial charge in [0, 0.05) is 36.8 Å². The summed E-state index contributed by atoms with van der Waals surface area (Å²) in [6.07, 6.45) is 8.61. The highest BCUT2D eigenvalue weighted by Gasteiger charge is 2.18. The van der Waals surface area contributed by atoms with Crippen LogP contribution in [0.5, 0.6) is 0 Å². The first-order chi connectivity index (χ1) is 14.0. The van der Waals surface area contributed by atoms with Crippen molar-refractivity contribution in [3.8, 4) is 0 Å². The Bertz CT molecular complexity index is 924. The first-order valence-corrected chi connectivity index (χ1v) is 10.1. The summed E-state index contributed by atoms with van der Waals surface area (Å²) in [6.45, 7) is 17.1. The lowest BCUT2D eigenvalue weighted by Crippen LogP contribution is -2.24. The van der Waals surface area contributed by atoms with Crippen LogP contribution in [0.3, 0.4) is 0 Å². The van der Waals surface area contributed by atoms with Gasteiger partial charge in [-0.2, -0.15) is 0 Å². The fourth-order valence-electron chi connectivity index (χ4n) is 3.30. The molecule has 2 aromatic rings. The third-order valence-electron chi connectivity index (χ3n) is 4.58. The molecule has 0 saturated carbocycles. The van der Waals surface area contributed by atoms with Gasteiger partial charge in [-0.15, -0.1) is 0 Å². The van der Waals surface area contributed by atoms with E-state index in [0.717, 1.165) is 47.0 Å². The number of benzene rings is 1. The van der Waals surface area contributed by atoms with Gasteiger partial charge in [0.2, 0.25) is 0 Å². The third kappa shape index (κ3) is 5.02. The molecule has 0 spiro atoms. The summed E-state index contributed by atoms with van der Waals surface area (Å²) >= 11 is 0. The van der Waals surface area contributed by atoms with Crippen LogP contribution in [0.15, 0.2) is 73.2 Å². The van der Waals surface area contributed by atoms with E-state index in [-0.39, 0.29) is 0 Å². The summed E-state index contributed by atoms with van der Waals surface area (Å²) in [5, 5.41) is 0. The standard InChI is InChI=1S/C23H26N4.C2H6/c1-6-18-10-8-12-21(22(18)17(3)4)25-20(7-2)19-11-9-13-24-23(19)27-15-14-26(5)16-27;1-2/h7-15H,2-3,6,16H2,1,4-5H3;1-2H3. The number of hydrogen-bond donors (Lipinski definition) is 0. The van der Waals surface area contributed by atoms with E-state index in [1.165, 1.54) is 5.56 Å². The maximum Gasteiger partial charge on any atom is 0.143 e. The molecular weight excluding hydrogens is 356 g/mol. The molecule has 1 aliphatic rings. The molecular formula is C25H32N4. The lowest BCUT2D eigenvalue weighted by Gasteiger charge is -2.20. The molecule has 0 fully saturated rings. The van der Waals surface area contributed by atoms with Gasteiger partial charge in [0.05, 0.1) is 18.1 Å². The van der Waals surface area contributed by atoms with E-state index in [9.17, 15) is 0 Å². The average molecular weight is 389 g/mol. The molecule has 0 bridgehead atoms. The van der Waals surface area contributed by atoms with Gasteiger partial charge in [-0.3, -0.25) is 0 Å². The van der Waals surface area contributed by atoms with E-state index in [1.54, 1.807) is 6.08 Å². The van der Waals surface area contributed by atoms with Gasteiger partial charge in [0.15, 0.2) is 0 Å². The number of aromatic nitrogens is 1. The van der Waals surface area contributed by atoms with E-state index in [4.69, 9.17) is 4.99 Å². The molecule has 29 heavy (non-hydrogen) atoms. The average Bonchev–Trinajstić information content (AvgIpc) is 3.19. The molecule has 3 rings (SSSR count). The number of aryl methyl sites for hydroxylation is 1. The Morgan fingerprint density at radius 2 is 1.97 bits per heavy atom. The van der Waals surface area contributed by atoms with Crippen LogP contribution in [0, 0.1) is 0 Å². The number of anilines is 1. The second-order valence-electron chi connectivity index (χ2n) is 6.69. The predicted octanol–water partition coefficient (Wildman–Crippen LogP) is 6.19. The molecule has 0 N–H and O–H groups in total. The van der Waals surface area contributed by atoms with Gasteiger partial charge in [0.1, 0.15) is 5.82 Å². The Hall–Kier alpha value is -3.14. The molecule has 1 aromatic carbocycles. The molecule has 0 aliphatic carbocycles. The van der Waals surface area contributed by atoms with E-state index < -0.39 is 0 Å². The molecule has 0 saturated heterocycles. The van der Waals surface area contributed by atoms with Gasteiger partial charge >= 0.3 is 0 Å². The molecule has 4 heteroatoms. The lowest BCUT2D eigenvalue weighted by molar-refractivity contribution is 0.494. The van der Waals surface area contributed by atoms with Crippen LogP contribution in [0.25, 0.3) is 5.57 Å². The minimum Gasteiger partial charge on any atom is -0.361 e. The Morgan fingerprint density at radius 1 is 1.21 bits per heavy atom. The Balaban J connectivity index is 0.00000145. The Labute approximate surface area is 175 Å². The van der Waals surface area contributed by atoms with Gasteiger partial charge in [0.25, 0.3) is 0 Å². The van der Waals surface area contributed by atoms with E-state index in [2.05, 4.69) is 40.9 Å². The van der Waals surface area contributed by atoms with Crippen LogP contribution in [-0.2, 0) is 6.42 Å². The minimum absolute atomic E-state index is 0.761. The SMILES string of the molecule is C=CC(=Nc1cccc(CC)c1C(=C)C)c1cccnc1N1C=CN(C)C1.CC. The van der Waals surface area contributed by atoms with Crippen molar-refractivity contribution < 1.29 is 0 Å². The number of pyridine rings is 1. The quantitative estimate of drug-likeness (QED) is 0.553. The molecule has 0 amide bonds. The van der Waals surface area contributed by atoms with E-state index in [0.29, 0.717) is 0 Å². The highest BCUT2D eigenvalue weighted by Crippen LogP contribution is 2.31. The highest BCUT2D eigenvalue weighted by atomic mass is 15.3. The zero-order valence-electron chi connectivity index (χ0n) is 18.3. The van der Waals surface area contributed by atoms with E-state index in [1.807, 2.05) is 70.7 Å². The van der Waals surface area contributed by atoms with Gasteiger partial charge in [-0.1, -0.05) is 46.1 Å². The minimum atomic E-state index is 0.761. The zero-order valence-corrected chi connectivity index (χ0v) is 18.3. The van der Waals surface area contributed by atoms with Crippen LogP contribution in [-0.4, -0.2) is 29.3 Å². The molecule has 1 aromatic heterocycles. The van der Waals surface area contributed by atoms with E-state index >= 15 is 0 Å². The predicted molar refractivity (Wildman–Crippen MR) is 127 cm³/mol. The first-order valence-electron chi connectivity index (χ1n) is 10.1. The summed E-state index contributed by atoms with van der Waals surface area (Å²) in [5.74, 6) is 0.875. The fraction of sp³-hybridized carbons (Fsp3) is 0.280. The van der Waals surface area contributed by atoms with Crippen molar-refractivity contribution in [1.82, 2.24) is 9.88 Å². The van der Waals surface area contributed by atoms with Crippen molar-refractivity contribution in [3.63, 3.8) is 0 Å². The number of nitrogens with zero attached hydrogens (tertiary/aromatic N) is 4. The normalized spacial score (nSPS) is 13.2.